The molecule has 0 saturated carbocycles. The minimum Gasteiger partial charge on any atom is -0.355 e. The molecule has 3 rings (SSSR count). The monoisotopic (exact) mass is 408 g/mol. The molecular weight excluding hydrogens is 376 g/mol. The van der Waals surface area contributed by atoms with Gasteiger partial charge in [-0.1, -0.05) is 42.5 Å². The third-order valence-electron chi connectivity index (χ3n) is 5.80. The molecule has 1 heterocycles. The average molecular weight is 409 g/mol. The zero-order valence-electron chi connectivity index (χ0n) is 18.2. The second-order valence-electron chi connectivity index (χ2n) is 7.95. The molecule has 2 aromatic rings. The van der Waals surface area contributed by atoms with Crippen LogP contribution >= 0.6 is 0 Å². The first kappa shape index (κ1) is 22.0. The molecule has 0 aliphatic carbocycles. The Kier molecular flexibility index (Phi) is 7.60. The summed E-state index contributed by atoms with van der Waals surface area (Å²) in [6.45, 7) is 6.63. The van der Waals surface area contributed by atoms with Crippen LogP contribution in [0.4, 0.5) is 0 Å². The topological polar surface area (TPSA) is 55.9 Å². The van der Waals surface area contributed by atoms with Crippen LogP contribution in [0.25, 0.3) is 0 Å². The van der Waals surface area contributed by atoms with Gasteiger partial charge < -0.3 is 10.2 Å². The van der Waals surface area contributed by atoms with Crippen molar-refractivity contribution >= 4 is 11.8 Å². The summed E-state index contributed by atoms with van der Waals surface area (Å²) in [5.74, 6) is 0.0808. The number of likely N-dealkylation sites (N-methyl/N-ethyl adjacent to an activating group) is 1. The SMILES string of the molecule is CNC(=O)c1ccc(CN(C)CC(=O)N2CCN([C@@H](C)c3ccccc3)CC2)cc1. The second-order valence-corrected chi connectivity index (χ2v) is 7.95. The first-order valence-corrected chi connectivity index (χ1v) is 10.5. The van der Waals surface area contributed by atoms with Gasteiger partial charge in [-0.3, -0.25) is 19.4 Å². The molecule has 1 aliphatic heterocycles. The van der Waals surface area contributed by atoms with Gasteiger partial charge in [-0.15, -0.1) is 0 Å². The van der Waals surface area contributed by atoms with Gasteiger partial charge in [-0.05, 0) is 37.2 Å². The van der Waals surface area contributed by atoms with Crippen molar-refractivity contribution in [2.24, 2.45) is 0 Å². The molecule has 1 atom stereocenters. The summed E-state index contributed by atoms with van der Waals surface area (Å²) in [4.78, 5) is 30.8. The van der Waals surface area contributed by atoms with Gasteiger partial charge in [0.25, 0.3) is 5.91 Å². The van der Waals surface area contributed by atoms with E-state index in [2.05, 4.69) is 41.4 Å². The molecule has 0 aromatic heterocycles. The Morgan fingerprint density at radius 3 is 2.23 bits per heavy atom. The summed E-state index contributed by atoms with van der Waals surface area (Å²) in [7, 11) is 3.58. The number of amides is 2. The summed E-state index contributed by atoms with van der Waals surface area (Å²) >= 11 is 0. The van der Waals surface area contributed by atoms with Crippen LogP contribution in [0.5, 0.6) is 0 Å². The highest BCUT2D eigenvalue weighted by molar-refractivity contribution is 5.93. The molecule has 160 valence electrons. The van der Waals surface area contributed by atoms with Crippen LogP contribution in [-0.2, 0) is 11.3 Å². The Labute approximate surface area is 179 Å². The number of nitrogens with zero attached hydrogens (tertiary/aromatic N) is 3. The van der Waals surface area contributed by atoms with Crippen molar-refractivity contribution in [1.82, 2.24) is 20.0 Å². The Bertz CT molecular complexity index is 830. The van der Waals surface area contributed by atoms with Gasteiger partial charge in [-0.25, -0.2) is 0 Å². The fraction of sp³-hybridized carbons (Fsp3) is 0.417. The number of rotatable bonds is 7. The molecule has 30 heavy (non-hydrogen) atoms. The lowest BCUT2D eigenvalue weighted by Crippen LogP contribution is -2.51. The Morgan fingerprint density at radius 1 is 1.00 bits per heavy atom. The van der Waals surface area contributed by atoms with Gasteiger partial charge >= 0.3 is 0 Å². The van der Waals surface area contributed by atoms with Crippen LogP contribution in [0.2, 0.25) is 0 Å². The van der Waals surface area contributed by atoms with Crippen molar-refractivity contribution in [3.63, 3.8) is 0 Å². The lowest BCUT2D eigenvalue weighted by molar-refractivity contribution is -0.134. The van der Waals surface area contributed by atoms with E-state index in [-0.39, 0.29) is 11.8 Å². The number of benzene rings is 2. The molecule has 2 amide bonds. The highest BCUT2D eigenvalue weighted by Crippen LogP contribution is 2.21. The van der Waals surface area contributed by atoms with Crippen molar-refractivity contribution < 1.29 is 9.59 Å². The van der Waals surface area contributed by atoms with Crippen molar-refractivity contribution in [2.45, 2.75) is 19.5 Å². The standard InChI is InChI=1S/C24H32N4O2/c1-19(21-7-5-4-6-8-21)27-13-15-28(16-14-27)23(29)18-26(3)17-20-9-11-22(12-10-20)24(30)25-2/h4-12,19H,13-18H2,1-3H3,(H,25,30)/t19-/m0/s1. The molecule has 6 heteroatoms. The summed E-state index contributed by atoms with van der Waals surface area (Å²) in [6.07, 6.45) is 0. The van der Waals surface area contributed by atoms with E-state index in [4.69, 9.17) is 0 Å². The zero-order valence-corrected chi connectivity index (χ0v) is 18.2. The smallest absolute Gasteiger partial charge is 0.251 e. The lowest BCUT2D eigenvalue weighted by atomic mass is 10.1. The molecule has 0 unspecified atom stereocenters. The van der Waals surface area contributed by atoms with E-state index in [1.165, 1.54) is 5.56 Å². The molecule has 1 N–H and O–H groups in total. The van der Waals surface area contributed by atoms with Crippen LogP contribution in [0.3, 0.4) is 0 Å². The maximum Gasteiger partial charge on any atom is 0.251 e. The molecule has 6 nitrogen and oxygen atoms in total. The van der Waals surface area contributed by atoms with Crippen LogP contribution in [0.15, 0.2) is 54.6 Å². The normalized spacial score (nSPS) is 15.8. The number of hydrogen-bond donors (Lipinski definition) is 1. The van der Waals surface area contributed by atoms with Gasteiger partial charge in [0, 0.05) is 51.4 Å². The zero-order chi connectivity index (χ0) is 21.5. The molecular formula is C24H32N4O2. The fourth-order valence-corrected chi connectivity index (χ4v) is 3.91. The molecule has 0 radical (unpaired) electrons. The number of piperazine rings is 1. The van der Waals surface area contributed by atoms with Crippen molar-refractivity contribution in [3.05, 3.63) is 71.3 Å². The van der Waals surface area contributed by atoms with E-state index in [9.17, 15) is 9.59 Å². The van der Waals surface area contributed by atoms with Crippen molar-refractivity contribution in [1.29, 1.82) is 0 Å². The minimum atomic E-state index is -0.0918. The van der Waals surface area contributed by atoms with Crippen LogP contribution < -0.4 is 5.32 Å². The Balaban J connectivity index is 1.45. The molecule has 1 fully saturated rings. The number of carbonyl (C=O) groups is 2. The quantitative estimate of drug-likeness (QED) is 0.764. The van der Waals surface area contributed by atoms with Crippen LogP contribution in [-0.4, -0.2) is 73.3 Å². The maximum atomic E-state index is 12.7. The van der Waals surface area contributed by atoms with E-state index in [0.29, 0.717) is 24.7 Å². The maximum absolute atomic E-state index is 12.7. The third kappa shape index (κ3) is 5.68. The minimum absolute atomic E-state index is 0.0918. The Morgan fingerprint density at radius 2 is 1.63 bits per heavy atom. The predicted molar refractivity (Wildman–Crippen MR) is 119 cm³/mol. The largest absolute Gasteiger partial charge is 0.355 e. The van der Waals surface area contributed by atoms with E-state index in [0.717, 1.165) is 31.7 Å². The van der Waals surface area contributed by atoms with Crippen LogP contribution in [0, 0.1) is 0 Å². The van der Waals surface area contributed by atoms with E-state index in [1.54, 1.807) is 7.05 Å². The third-order valence-corrected chi connectivity index (χ3v) is 5.80. The fourth-order valence-electron chi connectivity index (χ4n) is 3.91. The summed E-state index contributed by atoms with van der Waals surface area (Å²) in [5.41, 5.74) is 3.04. The molecule has 2 aromatic carbocycles. The van der Waals surface area contributed by atoms with Gasteiger partial charge in [-0.2, -0.15) is 0 Å². The molecule has 0 spiro atoms. The van der Waals surface area contributed by atoms with Gasteiger partial charge in [0.15, 0.2) is 0 Å². The van der Waals surface area contributed by atoms with Gasteiger partial charge in [0.1, 0.15) is 0 Å². The van der Waals surface area contributed by atoms with Gasteiger partial charge in [0.2, 0.25) is 5.91 Å². The number of nitrogens with one attached hydrogen (secondary N) is 1. The number of hydrogen-bond acceptors (Lipinski definition) is 4. The van der Waals surface area contributed by atoms with E-state index in [1.807, 2.05) is 47.2 Å². The number of carbonyl (C=O) groups excluding carboxylic acids is 2. The lowest BCUT2D eigenvalue weighted by Gasteiger charge is -2.38. The Hall–Kier alpha value is -2.70. The van der Waals surface area contributed by atoms with Gasteiger partial charge in [0.05, 0.1) is 6.54 Å². The summed E-state index contributed by atoms with van der Waals surface area (Å²) in [5, 5.41) is 2.62. The highest BCUT2D eigenvalue weighted by Gasteiger charge is 2.25. The molecule has 0 bridgehead atoms. The molecule has 1 aliphatic rings. The van der Waals surface area contributed by atoms with Crippen LogP contribution in [0.1, 0.15) is 34.5 Å². The molecule has 1 saturated heterocycles. The highest BCUT2D eigenvalue weighted by atomic mass is 16.2. The predicted octanol–water partition coefficient (Wildman–Crippen LogP) is 2.38. The van der Waals surface area contributed by atoms with Crippen molar-refractivity contribution in [3.8, 4) is 0 Å². The van der Waals surface area contributed by atoms with E-state index < -0.39 is 0 Å². The van der Waals surface area contributed by atoms with Crippen molar-refractivity contribution in [2.75, 3.05) is 46.8 Å². The van der Waals surface area contributed by atoms with E-state index >= 15 is 0 Å². The summed E-state index contributed by atoms with van der Waals surface area (Å²) < 4.78 is 0. The first-order chi connectivity index (χ1) is 14.5. The average Bonchev–Trinajstić information content (AvgIpc) is 2.79. The second kappa shape index (κ2) is 10.4. The first-order valence-electron chi connectivity index (χ1n) is 10.5. The summed E-state index contributed by atoms with van der Waals surface area (Å²) in [6, 6.07) is 18.4.